The van der Waals surface area contributed by atoms with Crippen molar-refractivity contribution < 1.29 is 0 Å². The maximum Gasteiger partial charge on any atom is 0.0737 e. The summed E-state index contributed by atoms with van der Waals surface area (Å²) in [6, 6.07) is 28.9. The van der Waals surface area contributed by atoms with Gasteiger partial charge in [-0.2, -0.15) is 0 Å². The minimum atomic E-state index is -0.0735. The number of H-pyrrole nitrogens is 2. The summed E-state index contributed by atoms with van der Waals surface area (Å²) < 4.78 is 1.20. The Morgan fingerprint density at radius 1 is 0.617 bits per heavy atom. The number of nitrogens with one attached hydrogen (secondary N) is 2. The molecule has 0 atom stereocenters. The Kier molecular flexibility index (Phi) is 7.62. The van der Waals surface area contributed by atoms with Gasteiger partial charge in [0.25, 0.3) is 0 Å². The molecule has 0 radical (unpaired) electrons. The number of halogens is 1. The lowest BCUT2D eigenvalue weighted by atomic mass is 9.79. The molecule has 0 unspecified atom stereocenters. The van der Waals surface area contributed by atoms with Crippen LogP contribution in [0.3, 0.4) is 0 Å². The number of fused-ring (bicyclic) bond motifs is 8. The summed E-state index contributed by atoms with van der Waals surface area (Å²) in [5.74, 6) is 0. The summed E-state index contributed by atoms with van der Waals surface area (Å²) >= 11 is 2.37. The van der Waals surface area contributed by atoms with Gasteiger partial charge in [0.1, 0.15) is 0 Å². The number of hydrogen-bond donors (Lipinski definition) is 2. The predicted molar refractivity (Wildman–Crippen MR) is 208 cm³/mol. The van der Waals surface area contributed by atoms with Crippen molar-refractivity contribution >= 4 is 56.8 Å². The van der Waals surface area contributed by atoms with Gasteiger partial charge in [0.2, 0.25) is 0 Å². The predicted octanol–water partition coefficient (Wildman–Crippen LogP) is 11.5. The second-order valence-corrected chi connectivity index (χ2v) is 17.0. The number of nitrogens with zero attached hydrogens (tertiary/aromatic N) is 2. The minimum absolute atomic E-state index is 0.0112. The number of aromatic nitrogens is 4. The zero-order chi connectivity index (χ0) is 33.3. The van der Waals surface area contributed by atoms with E-state index in [-0.39, 0.29) is 16.2 Å². The maximum atomic E-state index is 5.43. The van der Waals surface area contributed by atoms with Crippen molar-refractivity contribution in [3.63, 3.8) is 0 Å². The lowest BCUT2D eigenvalue weighted by molar-refractivity contribution is 0.543. The minimum Gasteiger partial charge on any atom is -0.355 e. The van der Waals surface area contributed by atoms with Crippen LogP contribution in [0, 0.1) is 3.57 Å². The van der Waals surface area contributed by atoms with E-state index in [1.54, 1.807) is 0 Å². The van der Waals surface area contributed by atoms with E-state index in [2.05, 4.69) is 179 Å². The molecule has 238 valence electrons. The van der Waals surface area contributed by atoms with Gasteiger partial charge in [0.15, 0.2) is 0 Å². The molecule has 0 saturated heterocycles. The van der Waals surface area contributed by atoms with Gasteiger partial charge in [0, 0.05) is 60.0 Å². The molecule has 3 aromatic heterocycles. The summed E-state index contributed by atoms with van der Waals surface area (Å²) in [7, 11) is 0. The first-order valence-electron chi connectivity index (χ1n) is 16.5. The monoisotopic (exact) mass is 730 g/mol. The van der Waals surface area contributed by atoms with E-state index < -0.39 is 0 Å². The molecule has 47 heavy (non-hydrogen) atoms. The van der Waals surface area contributed by atoms with Crippen molar-refractivity contribution in [2.45, 2.75) is 78.1 Å². The fourth-order valence-corrected chi connectivity index (χ4v) is 6.95. The van der Waals surface area contributed by atoms with Crippen LogP contribution in [0.5, 0.6) is 0 Å². The molecular weight excluding hydrogens is 687 g/mol. The molecule has 8 bridgehead atoms. The number of rotatable bonds is 2. The average molecular weight is 731 g/mol. The van der Waals surface area contributed by atoms with E-state index in [1.807, 2.05) is 0 Å². The number of benzene rings is 2. The van der Waals surface area contributed by atoms with E-state index >= 15 is 0 Å². The van der Waals surface area contributed by atoms with E-state index in [9.17, 15) is 0 Å². The molecule has 2 aliphatic heterocycles. The Bertz CT molecular complexity index is 2180. The highest BCUT2D eigenvalue weighted by atomic mass is 127. The third-order valence-corrected chi connectivity index (χ3v) is 10.1. The van der Waals surface area contributed by atoms with Gasteiger partial charge in [-0.3, -0.25) is 4.98 Å². The van der Waals surface area contributed by atoms with E-state index in [1.165, 1.54) is 20.3 Å². The van der Waals surface area contributed by atoms with Crippen LogP contribution in [-0.4, -0.2) is 19.9 Å². The third kappa shape index (κ3) is 6.22. The fraction of sp³-hybridized carbons (Fsp3) is 0.286. The number of aromatic amines is 2. The first kappa shape index (κ1) is 31.6. The highest BCUT2D eigenvalue weighted by Crippen LogP contribution is 2.39. The van der Waals surface area contributed by atoms with Gasteiger partial charge in [-0.15, -0.1) is 0 Å². The molecule has 5 heterocycles. The fourth-order valence-electron chi connectivity index (χ4n) is 6.59. The molecule has 0 saturated carbocycles. The topological polar surface area (TPSA) is 57.4 Å². The van der Waals surface area contributed by atoms with Crippen LogP contribution in [0.25, 0.3) is 56.5 Å². The van der Waals surface area contributed by atoms with Crippen LogP contribution >= 0.6 is 22.6 Å². The van der Waals surface area contributed by atoms with E-state index in [0.717, 1.165) is 68.0 Å². The molecule has 7 rings (SSSR count). The average Bonchev–Trinajstić information content (AvgIpc) is 3.79. The highest BCUT2D eigenvalue weighted by Gasteiger charge is 2.28. The zero-order valence-electron chi connectivity index (χ0n) is 28.6. The molecule has 0 aliphatic carbocycles. The largest absolute Gasteiger partial charge is 0.355 e. The Labute approximate surface area is 292 Å². The second kappa shape index (κ2) is 11.3. The molecule has 5 heteroatoms. The quantitative estimate of drug-likeness (QED) is 0.174. The van der Waals surface area contributed by atoms with Crippen molar-refractivity contribution in [1.29, 1.82) is 0 Å². The van der Waals surface area contributed by atoms with Crippen molar-refractivity contribution in [1.82, 2.24) is 19.9 Å². The number of hydrogen-bond acceptors (Lipinski definition) is 2. The first-order chi connectivity index (χ1) is 22.1. The molecule has 4 nitrogen and oxygen atoms in total. The molecule has 0 fully saturated rings. The lowest BCUT2D eigenvalue weighted by Gasteiger charge is -2.26. The van der Waals surface area contributed by atoms with Crippen LogP contribution in [0.4, 0.5) is 0 Å². The zero-order valence-corrected chi connectivity index (χ0v) is 30.8. The van der Waals surface area contributed by atoms with Crippen molar-refractivity contribution in [3.05, 3.63) is 116 Å². The van der Waals surface area contributed by atoms with Crippen LogP contribution in [0.15, 0.2) is 78.9 Å². The smallest absolute Gasteiger partial charge is 0.0737 e. The van der Waals surface area contributed by atoms with Gasteiger partial charge in [-0.1, -0.05) is 85.7 Å². The SMILES string of the molecule is CC(C)(C)c1cc(-c2c3nc(c(-c4ccc(I)cc4)c4ccc(cc5nc(cc6ccc2[nH]6)C(C)(C)C5)[nH]4)C=C3)cc(C(C)(C)C)c1. The summed E-state index contributed by atoms with van der Waals surface area (Å²) in [6.45, 7) is 18.3. The van der Waals surface area contributed by atoms with Gasteiger partial charge in [0.05, 0.1) is 11.4 Å². The van der Waals surface area contributed by atoms with Gasteiger partial charge >= 0.3 is 0 Å². The Morgan fingerprint density at radius 2 is 1.15 bits per heavy atom. The highest BCUT2D eigenvalue weighted by molar-refractivity contribution is 14.1. The molecular formula is C42H43IN4. The molecule has 0 amide bonds. The summed E-state index contributed by atoms with van der Waals surface area (Å²) in [5.41, 5.74) is 15.2. The molecule has 2 N–H and O–H groups in total. The molecule has 5 aromatic rings. The third-order valence-electron chi connectivity index (χ3n) is 9.39. The Hall–Kier alpha value is -3.97. The van der Waals surface area contributed by atoms with E-state index in [0.29, 0.717) is 0 Å². The summed E-state index contributed by atoms with van der Waals surface area (Å²) in [6.07, 6.45) is 5.24. The molecule has 2 aromatic carbocycles. The standard InChI is InChI=1S/C42H43IN4/c1-40(2,3)27-19-26(20-28(21-27)41(4,5)6)39-34-16-14-31(45-34)23-37-42(7,8)24-32(46-37)22-30-13-15-33(44-30)38(35-17-18-36(39)47-35)25-9-11-29(43)12-10-25/h9-23,44-45H,24H2,1-8H3. The van der Waals surface area contributed by atoms with Crippen molar-refractivity contribution in [2.24, 2.45) is 0 Å². The van der Waals surface area contributed by atoms with Gasteiger partial charge in [-0.05, 0) is 116 Å². The van der Waals surface area contributed by atoms with Crippen LogP contribution < -0.4 is 0 Å². The first-order valence-corrected chi connectivity index (χ1v) is 17.6. The maximum absolute atomic E-state index is 5.43. The Morgan fingerprint density at radius 3 is 1.70 bits per heavy atom. The van der Waals surface area contributed by atoms with Crippen LogP contribution in [0.1, 0.15) is 89.3 Å². The summed E-state index contributed by atoms with van der Waals surface area (Å²) in [4.78, 5) is 18.1. The van der Waals surface area contributed by atoms with Crippen LogP contribution in [0.2, 0.25) is 0 Å². The van der Waals surface area contributed by atoms with Gasteiger partial charge in [-0.25, -0.2) is 4.98 Å². The normalized spacial score (nSPS) is 14.5. The van der Waals surface area contributed by atoms with Crippen molar-refractivity contribution in [3.8, 4) is 22.3 Å². The summed E-state index contributed by atoms with van der Waals surface area (Å²) in [5, 5.41) is 0. The lowest BCUT2D eigenvalue weighted by Crippen LogP contribution is -2.16. The second-order valence-electron chi connectivity index (χ2n) is 15.8. The van der Waals surface area contributed by atoms with Gasteiger partial charge < -0.3 is 9.97 Å². The Balaban J connectivity index is 1.64. The van der Waals surface area contributed by atoms with E-state index in [4.69, 9.17) is 9.97 Å². The molecule has 2 aliphatic rings. The molecule has 0 spiro atoms. The van der Waals surface area contributed by atoms with Crippen molar-refractivity contribution in [2.75, 3.05) is 0 Å². The van der Waals surface area contributed by atoms with Crippen LogP contribution in [-0.2, 0) is 22.7 Å².